The zero-order valence-corrected chi connectivity index (χ0v) is 14.1. The van der Waals surface area contributed by atoms with Crippen LogP contribution in [0.15, 0.2) is 71.5 Å². The lowest BCUT2D eigenvalue weighted by atomic mass is 10.1. The summed E-state index contributed by atoms with van der Waals surface area (Å²) in [7, 11) is 1.62. The minimum atomic E-state index is -0.454. The number of benzene rings is 2. The average molecular weight is 344 g/mol. The Kier molecular flexibility index (Phi) is 4.11. The van der Waals surface area contributed by atoms with E-state index in [0.29, 0.717) is 0 Å². The van der Waals surface area contributed by atoms with Crippen molar-refractivity contribution in [2.24, 2.45) is 4.99 Å². The average Bonchev–Trinajstić information content (AvgIpc) is 3.24. The highest BCUT2D eigenvalue weighted by Crippen LogP contribution is 2.23. The second kappa shape index (κ2) is 6.72. The lowest BCUT2D eigenvalue weighted by Crippen LogP contribution is -2.01. The number of aromatic nitrogens is 1. The van der Waals surface area contributed by atoms with E-state index < -0.39 is 5.97 Å². The van der Waals surface area contributed by atoms with E-state index in [1.54, 1.807) is 19.3 Å². The van der Waals surface area contributed by atoms with E-state index in [9.17, 15) is 4.79 Å². The quantitative estimate of drug-likeness (QED) is 0.570. The molecule has 4 rings (SSSR count). The van der Waals surface area contributed by atoms with Gasteiger partial charge in [-0.15, -0.1) is 0 Å². The van der Waals surface area contributed by atoms with Gasteiger partial charge in [0.05, 0.1) is 7.11 Å². The van der Waals surface area contributed by atoms with Crippen molar-refractivity contribution in [1.29, 1.82) is 0 Å². The third kappa shape index (κ3) is 3.15. The molecule has 2 aromatic carbocycles. The van der Waals surface area contributed by atoms with Gasteiger partial charge in [-0.1, -0.05) is 30.3 Å². The van der Waals surface area contributed by atoms with Gasteiger partial charge in [0.1, 0.15) is 5.75 Å². The van der Waals surface area contributed by atoms with Gasteiger partial charge >= 0.3 is 5.97 Å². The molecule has 0 saturated heterocycles. The van der Waals surface area contributed by atoms with Crippen molar-refractivity contribution in [1.82, 2.24) is 4.98 Å². The van der Waals surface area contributed by atoms with E-state index in [1.807, 2.05) is 60.8 Å². The third-order valence-corrected chi connectivity index (χ3v) is 4.08. The smallest absolute Gasteiger partial charge is 0.363 e. The van der Waals surface area contributed by atoms with Crippen molar-refractivity contribution in [2.45, 2.75) is 0 Å². The number of methoxy groups -OCH3 is 1. The molecule has 0 unspecified atom stereocenters. The van der Waals surface area contributed by atoms with Gasteiger partial charge in [-0.25, -0.2) is 9.79 Å². The number of esters is 1. The highest BCUT2D eigenvalue weighted by Gasteiger charge is 2.21. The molecular formula is C21H16N2O3. The number of nitrogens with zero attached hydrogens (tertiary/aromatic N) is 1. The van der Waals surface area contributed by atoms with Crippen LogP contribution in [0, 0.1) is 0 Å². The first-order chi connectivity index (χ1) is 12.7. The number of rotatable bonds is 4. The number of aliphatic imine (C=N–C) groups is 1. The summed E-state index contributed by atoms with van der Waals surface area (Å²) in [5, 5.41) is 1.03. The van der Waals surface area contributed by atoms with E-state index in [0.717, 1.165) is 27.8 Å². The molecule has 0 saturated carbocycles. The lowest BCUT2D eigenvalue weighted by molar-refractivity contribution is -0.129. The van der Waals surface area contributed by atoms with E-state index in [4.69, 9.17) is 9.47 Å². The van der Waals surface area contributed by atoms with Crippen molar-refractivity contribution >= 4 is 34.9 Å². The van der Waals surface area contributed by atoms with Crippen LogP contribution in [-0.4, -0.2) is 24.0 Å². The fourth-order valence-electron chi connectivity index (χ4n) is 2.74. The molecule has 0 radical (unpaired) electrons. The van der Waals surface area contributed by atoms with Gasteiger partial charge in [0, 0.05) is 28.7 Å². The minimum absolute atomic E-state index is 0.275. The van der Waals surface area contributed by atoms with Crippen LogP contribution in [-0.2, 0) is 9.53 Å². The third-order valence-electron chi connectivity index (χ3n) is 4.08. The largest absolute Gasteiger partial charge is 0.497 e. The van der Waals surface area contributed by atoms with Crippen LogP contribution in [0.2, 0.25) is 0 Å². The van der Waals surface area contributed by atoms with Crippen LogP contribution in [0.25, 0.3) is 23.1 Å². The first-order valence-electron chi connectivity index (χ1n) is 8.14. The molecule has 0 spiro atoms. The van der Waals surface area contributed by atoms with E-state index in [1.165, 1.54) is 0 Å². The number of carbonyl (C=O) groups is 1. The summed E-state index contributed by atoms with van der Waals surface area (Å²) in [6.07, 6.45) is 7.09. The molecule has 128 valence electrons. The summed E-state index contributed by atoms with van der Waals surface area (Å²) in [5.41, 5.74) is 3.15. The second-order valence-electron chi connectivity index (χ2n) is 5.77. The Hall–Kier alpha value is -3.60. The number of cyclic esters (lactones) is 1. The summed E-state index contributed by atoms with van der Waals surface area (Å²) in [6, 6.07) is 15.4. The highest BCUT2D eigenvalue weighted by atomic mass is 16.6. The van der Waals surface area contributed by atoms with Crippen molar-refractivity contribution in [2.75, 3.05) is 7.11 Å². The molecule has 2 heterocycles. The molecule has 0 aliphatic carbocycles. The van der Waals surface area contributed by atoms with Crippen LogP contribution < -0.4 is 4.74 Å². The molecule has 1 N–H and O–H groups in total. The topological polar surface area (TPSA) is 63.7 Å². The zero-order chi connectivity index (χ0) is 17.9. The van der Waals surface area contributed by atoms with Crippen LogP contribution in [0.1, 0.15) is 11.1 Å². The number of hydrogen-bond acceptors (Lipinski definition) is 4. The fraction of sp³-hybridized carbons (Fsp3) is 0.0476. The van der Waals surface area contributed by atoms with Gasteiger partial charge in [-0.05, 0) is 35.9 Å². The molecule has 0 bridgehead atoms. The fourth-order valence-corrected chi connectivity index (χ4v) is 2.74. The van der Waals surface area contributed by atoms with Gasteiger partial charge in [-0.2, -0.15) is 0 Å². The van der Waals surface area contributed by atoms with Crippen LogP contribution in [0.3, 0.4) is 0 Å². The normalized spacial score (nSPS) is 15.7. The van der Waals surface area contributed by atoms with Crippen LogP contribution in [0.5, 0.6) is 5.75 Å². The molecule has 1 aliphatic rings. The first kappa shape index (κ1) is 15.9. The summed E-state index contributed by atoms with van der Waals surface area (Å²) < 4.78 is 10.4. The Morgan fingerprint density at radius 1 is 1.08 bits per heavy atom. The molecule has 26 heavy (non-hydrogen) atoms. The number of aromatic amines is 1. The number of H-pyrrole nitrogens is 1. The van der Waals surface area contributed by atoms with Crippen LogP contribution >= 0.6 is 0 Å². The zero-order valence-electron chi connectivity index (χ0n) is 14.1. The summed E-state index contributed by atoms with van der Waals surface area (Å²) in [4.78, 5) is 19.5. The van der Waals surface area contributed by atoms with Gasteiger partial charge in [-0.3, -0.25) is 0 Å². The summed E-state index contributed by atoms with van der Waals surface area (Å²) in [5.74, 6) is 0.609. The molecule has 0 amide bonds. The predicted molar refractivity (Wildman–Crippen MR) is 102 cm³/mol. The first-order valence-corrected chi connectivity index (χ1v) is 8.14. The number of fused-ring (bicyclic) bond motifs is 1. The van der Waals surface area contributed by atoms with Gasteiger partial charge in [0.15, 0.2) is 5.70 Å². The Labute approximate surface area is 150 Å². The minimum Gasteiger partial charge on any atom is -0.497 e. The predicted octanol–water partition coefficient (Wildman–Crippen LogP) is 4.19. The number of ether oxygens (including phenoxy) is 2. The maximum Gasteiger partial charge on any atom is 0.363 e. The Balaban J connectivity index is 1.57. The summed E-state index contributed by atoms with van der Waals surface area (Å²) in [6.45, 7) is 0. The van der Waals surface area contributed by atoms with Crippen molar-refractivity contribution in [3.8, 4) is 5.75 Å². The molecule has 0 fully saturated rings. The van der Waals surface area contributed by atoms with Crippen LogP contribution in [0.4, 0.5) is 0 Å². The van der Waals surface area contributed by atoms with Gasteiger partial charge in [0.2, 0.25) is 5.90 Å². The van der Waals surface area contributed by atoms with Crippen molar-refractivity contribution in [3.05, 3.63) is 77.6 Å². The maximum atomic E-state index is 12.1. The van der Waals surface area contributed by atoms with E-state index in [-0.39, 0.29) is 11.6 Å². The Morgan fingerprint density at radius 2 is 1.88 bits per heavy atom. The Morgan fingerprint density at radius 3 is 2.69 bits per heavy atom. The number of nitrogens with one attached hydrogen (secondary N) is 1. The number of hydrogen-bond donors (Lipinski definition) is 1. The van der Waals surface area contributed by atoms with Gasteiger partial charge in [0.25, 0.3) is 0 Å². The van der Waals surface area contributed by atoms with Crippen molar-refractivity contribution in [3.63, 3.8) is 0 Å². The molecule has 1 aromatic heterocycles. The number of carbonyl (C=O) groups excluding carboxylic acids is 1. The SMILES string of the molecule is COc1ccc(C=CC2=NC(=Cc3c[nH]c4ccccc34)C(=O)O2)cc1. The van der Waals surface area contributed by atoms with E-state index in [2.05, 4.69) is 9.98 Å². The number of para-hydroxylation sites is 1. The molecule has 5 nitrogen and oxygen atoms in total. The maximum absolute atomic E-state index is 12.1. The standard InChI is InChI=1S/C21H16N2O3/c1-25-16-9-6-14(7-10-16)8-11-20-23-19(21(24)26-20)12-15-13-22-18-5-3-2-4-17(15)18/h2-13,22H,1H3. The molecular weight excluding hydrogens is 328 g/mol. The van der Waals surface area contributed by atoms with E-state index >= 15 is 0 Å². The monoisotopic (exact) mass is 344 g/mol. The molecule has 1 aliphatic heterocycles. The second-order valence-corrected chi connectivity index (χ2v) is 5.77. The molecule has 3 aromatic rings. The van der Waals surface area contributed by atoms with Crippen molar-refractivity contribution < 1.29 is 14.3 Å². The lowest BCUT2D eigenvalue weighted by Gasteiger charge is -1.98. The highest BCUT2D eigenvalue weighted by molar-refractivity contribution is 6.12. The van der Waals surface area contributed by atoms with Gasteiger partial charge < -0.3 is 14.5 Å². The Bertz CT molecular complexity index is 1060. The summed E-state index contributed by atoms with van der Waals surface area (Å²) >= 11 is 0. The molecule has 5 heteroatoms. The molecule has 0 atom stereocenters.